The molecule has 2 unspecified atom stereocenters. The molecule has 11 rings (SSSR count). The van der Waals surface area contributed by atoms with Gasteiger partial charge in [-0.05, 0) is 114 Å². The maximum absolute atomic E-state index is 9.21. The van der Waals surface area contributed by atoms with Gasteiger partial charge in [0, 0.05) is 29.1 Å². The molecule has 3 aromatic heterocycles. The highest BCUT2D eigenvalue weighted by molar-refractivity contribution is 5.68. The largest absolute Gasteiger partial charge is 0.254 e. The molecule has 4 aliphatic carbocycles. The summed E-state index contributed by atoms with van der Waals surface area (Å²) in [6.45, 7) is 0. The second kappa shape index (κ2) is 13.0. The van der Waals surface area contributed by atoms with E-state index in [1.165, 1.54) is 55.2 Å². The van der Waals surface area contributed by atoms with Gasteiger partial charge >= 0.3 is 0 Å². The van der Waals surface area contributed by atoms with Gasteiger partial charge in [0.2, 0.25) is 0 Å². The van der Waals surface area contributed by atoms with Crippen molar-refractivity contribution in [2.24, 2.45) is 11.8 Å². The molecule has 0 spiro atoms. The van der Waals surface area contributed by atoms with E-state index >= 15 is 0 Å². The Morgan fingerprint density at radius 3 is 1.43 bits per heavy atom. The molecule has 4 bridgehead atoms. The van der Waals surface area contributed by atoms with Crippen LogP contribution in [0.15, 0.2) is 146 Å². The second-order valence-corrected chi connectivity index (χ2v) is 15.7. The Balaban J connectivity index is 0.912. The number of aromatic nitrogens is 5. The first kappa shape index (κ1) is 32.3. The summed E-state index contributed by atoms with van der Waals surface area (Å²) in [7, 11) is 0. The van der Waals surface area contributed by atoms with Crippen LogP contribution in [0.5, 0.6) is 0 Å². The minimum atomic E-state index is 0.157. The van der Waals surface area contributed by atoms with Crippen molar-refractivity contribution in [1.29, 1.82) is 5.26 Å². The van der Waals surface area contributed by atoms with Gasteiger partial charge in [0.1, 0.15) is 0 Å². The summed E-state index contributed by atoms with van der Waals surface area (Å²) >= 11 is 0. The van der Waals surface area contributed by atoms with Crippen LogP contribution >= 0.6 is 0 Å². The first-order chi connectivity index (χ1) is 26.5. The first-order valence-corrected chi connectivity index (χ1v) is 19.0. The van der Waals surface area contributed by atoms with Gasteiger partial charge in [-0.3, -0.25) is 9.97 Å². The van der Waals surface area contributed by atoms with Crippen LogP contribution in [0, 0.1) is 23.2 Å². The van der Waals surface area contributed by atoms with E-state index in [-0.39, 0.29) is 10.8 Å². The molecule has 6 heteroatoms. The lowest BCUT2D eigenvalue weighted by Crippen LogP contribution is -2.55. The van der Waals surface area contributed by atoms with E-state index in [1.54, 1.807) is 0 Å². The third kappa shape index (κ3) is 5.77. The molecule has 7 aromatic rings. The minimum absolute atomic E-state index is 0.157. The molecule has 54 heavy (non-hydrogen) atoms. The van der Waals surface area contributed by atoms with Gasteiger partial charge in [-0.15, -0.1) is 0 Å². The predicted octanol–water partition coefficient (Wildman–Crippen LogP) is 10.7. The van der Waals surface area contributed by atoms with Gasteiger partial charge < -0.3 is 0 Å². The summed E-state index contributed by atoms with van der Waals surface area (Å²) in [5, 5.41) is 9.21. The van der Waals surface area contributed by atoms with Gasteiger partial charge in [-0.25, -0.2) is 15.0 Å². The van der Waals surface area contributed by atoms with E-state index in [4.69, 9.17) is 24.9 Å². The van der Waals surface area contributed by atoms with Crippen molar-refractivity contribution in [3.05, 3.63) is 163 Å². The molecule has 0 saturated heterocycles. The van der Waals surface area contributed by atoms with E-state index in [1.807, 2.05) is 103 Å². The van der Waals surface area contributed by atoms with Gasteiger partial charge in [-0.1, -0.05) is 103 Å². The minimum Gasteiger partial charge on any atom is -0.254 e. The summed E-state index contributed by atoms with van der Waals surface area (Å²) in [6.07, 6.45) is 11.6. The average Bonchev–Trinajstić information content (AvgIpc) is 3.24. The predicted molar refractivity (Wildman–Crippen MR) is 212 cm³/mol. The molecule has 4 saturated carbocycles. The normalized spacial score (nSPS) is 22.5. The molecule has 4 fully saturated rings. The summed E-state index contributed by atoms with van der Waals surface area (Å²) in [5.41, 5.74) is 10.7. The number of nitrogens with zero attached hydrogens (tertiary/aromatic N) is 6. The SMILES string of the molecule is N#Cc1ccc(-c2ccc(C34CC5CC(C3)CC(c3ccc(-c6ccc(-c7nc(-c8ccccc8)nc(-c8ccccc8)n7)cn6)nc3)(C5)C4)cc2)cc1. The lowest BCUT2D eigenvalue weighted by atomic mass is 9.42. The Kier molecular flexibility index (Phi) is 7.76. The zero-order valence-electron chi connectivity index (χ0n) is 29.9. The lowest BCUT2D eigenvalue weighted by molar-refractivity contribution is -0.0282. The molecule has 0 aliphatic heterocycles. The fourth-order valence-electron chi connectivity index (χ4n) is 10.2. The van der Waals surface area contributed by atoms with Crippen molar-refractivity contribution >= 4 is 0 Å². The molecule has 4 aliphatic rings. The van der Waals surface area contributed by atoms with Gasteiger partial charge in [0.15, 0.2) is 17.5 Å². The third-order valence-electron chi connectivity index (χ3n) is 12.3. The molecule has 0 radical (unpaired) electrons. The van der Waals surface area contributed by atoms with Crippen molar-refractivity contribution in [2.75, 3.05) is 0 Å². The second-order valence-electron chi connectivity index (χ2n) is 15.7. The van der Waals surface area contributed by atoms with Gasteiger partial charge in [-0.2, -0.15) is 5.26 Å². The lowest BCUT2D eigenvalue weighted by Gasteiger charge is -2.62. The number of nitriles is 1. The summed E-state index contributed by atoms with van der Waals surface area (Å²) in [5.74, 6) is 3.35. The highest BCUT2D eigenvalue weighted by atomic mass is 15.0. The van der Waals surface area contributed by atoms with Crippen LogP contribution in [0.2, 0.25) is 0 Å². The van der Waals surface area contributed by atoms with Crippen LogP contribution in [0.1, 0.15) is 55.2 Å². The Labute approximate surface area is 315 Å². The smallest absolute Gasteiger partial charge is 0.165 e. The van der Waals surface area contributed by atoms with Crippen molar-refractivity contribution in [2.45, 2.75) is 49.4 Å². The van der Waals surface area contributed by atoms with Crippen molar-refractivity contribution in [3.8, 4) is 62.7 Å². The van der Waals surface area contributed by atoms with Crippen molar-refractivity contribution in [1.82, 2.24) is 24.9 Å². The molecular formula is C48H38N6. The van der Waals surface area contributed by atoms with Gasteiger partial charge in [0.25, 0.3) is 0 Å². The van der Waals surface area contributed by atoms with Crippen LogP contribution in [0.25, 0.3) is 56.7 Å². The highest BCUT2D eigenvalue weighted by Crippen LogP contribution is 2.66. The molecule has 3 heterocycles. The summed E-state index contributed by atoms with van der Waals surface area (Å²) in [4.78, 5) is 24.5. The van der Waals surface area contributed by atoms with Crippen LogP contribution in [0.3, 0.4) is 0 Å². The number of hydrogen-bond acceptors (Lipinski definition) is 6. The summed E-state index contributed by atoms with van der Waals surface area (Å²) < 4.78 is 0. The standard InChI is InChI=1S/C48H38N6/c49-28-32-11-13-35(14-12-32)36-15-18-40(19-16-36)47-24-33-23-34(25-47)27-48(26-33,31-47)41-20-22-43(51-30-41)42-21-17-39(29-50-42)46-53-44(37-7-3-1-4-8-37)52-45(54-46)38-9-5-2-6-10-38/h1-22,29-30,33-34H,23-27,31H2. The number of pyridine rings is 2. The van der Waals surface area contributed by atoms with E-state index < -0.39 is 0 Å². The Hall–Kier alpha value is -6.32. The van der Waals surface area contributed by atoms with E-state index in [2.05, 4.69) is 48.7 Å². The van der Waals surface area contributed by atoms with Crippen molar-refractivity contribution in [3.63, 3.8) is 0 Å². The molecule has 0 amide bonds. The molecule has 6 nitrogen and oxygen atoms in total. The third-order valence-corrected chi connectivity index (χ3v) is 12.3. The first-order valence-electron chi connectivity index (χ1n) is 19.0. The molecule has 0 N–H and O–H groups in total. The molecule has 260 valence electrons. The quantitative estimate of drug-likeness (QED) is 0.165. The van der Waals surface area contributed by atoms with E-state index in [9.17, 15) is 5.26 Å². The maximum Gasteiger partial charge on any atom is 0.165 e. The van der Waals surface area contributed by atoms with Crippen LogP contribution < -0.4 is 0 Å². The fraction of sp³-hybridized carbons (Fsp3) is 0.208. The summed E-state index contributed by atoms with van der Waals surface area (Å²) in [6, 6.07) is 48.0. The number of rotatable bonds is 7. The van der Waals surface area contributed by atoms with Crippen LogP contribution in [0.4, 0.5) is 0 Å². The average molecular weight is 699 g/mol. The fourth-order valence-corrected chi connectivity index (χ4v) is 10.2. The Bertz CT molecular complexity index is 2420. The number of benzene rings is 4. The van der Waals surface area contributed by atoms with Crippen LogP contribution in [-0.4, -0.2) is 24.9 Å². The number of hydrogen-bond donors (Lipinski definition) is 0. The van der Waals surface area contributed by atoms with E-state index in [0.717, 1.165) is 45.5 Å². The van der Waals surface area contributed by atoms with Crippen molar-refractivity contribution < 1.29 is 0 Å². The highest BCUT2D eigenvalue weighted by Gasteiger charge is 2.58. The topological polar surface area (TPSA) is 88.2 Å². The monoisotopic (exact) mass is 698 g/mol. The zero-order chi connectivity index (χ0) is 36.1. The van der Waals surface area contributed by atoms with Gasteiger partial charge in [0.05, 0.1) is 23.0 Å². The zero-order valence-corrected chi connectivity index (χ0v) is 29.9. The maximum atomic E-state index is 9.21. The van der Waals surface area contributed by atoms with Crippen LogP contribution in [-0.2, 0) is 10.8 Å². The molecule has 4 aromatic carbocycles. The molecular weight excluding hydrogens is 661 g/mol. The Morgan fingerprint density at radius 2 is 0.926 bits per heavy atom. The molecule has 2 atom stereocenters. The Morgan fingerprint density at radius 1 is 0.463 bits per heavy atom. The van der Waals surface area contributed by atoms with E-state index in [0.29, 0.717) is 23.0 Å².